The summed E-state index contributed by atoms with van der Waals surface area (Å²) in [7, 11) is 0. The summed E-state index contributed by atoms with van der Waals surface area (Å²) in [4.78, 5) is 4.11. The Hall–Kier alpha value is -2.30. The molecule has 5 nitrogen and oxygen atoms in total. The molecule has 1 aromatic heterocycles. The van der Waals surface area contributed by atoms with Crippen molar-refractivity contribution in [2.45, 2.75) is 11.3 Å². The van der Waals surface area contributed by atoms with Crippen LogP contribution in [0.15, 0.2) is 46.5 Å². The molecule has 4 rings (SSSR count). The quantitative estimate of drug-likeness (QED) is 0.387. The molecule has 0 fully saturated rings. The molecule has 0 saturated heterocycles. The maximum absolute atomic E-state index is 13.9. The molecule has 0 radical (unpaired) electrons. The van der Waals surface area contributed by atoms with Gasteiger partial charge in [0.2, 0.25) is 5.16 Å². The van der Waals surface area contributed by atoms with Crippen molar-refractivity contribution in [2.24, 2.45) is 4.99 Å². The van der Waals surface area contributed by atoms with E-state index in [4.69, 9.17) is 23.2 Å². The highest BCUT2D eigenvalue weighted by atomic mass is 35.5. The van der Waals surface area contributed by atoms with Crippen LogP contribution in [0.2, 0.25) is 10.0 Å². The minimum atomic E-state index is -4.54. The number of alkyl halides is 3. The minimum absolute atomic E-state index is 0.143. The van der Waals surface area contributed by atoms with E-state index in [2.05, 4.69) is 20.6 Å². The number of amidine groups is 1. The van der Waals surface area contributed by atoms with Crippen LogP contribution in [0.3, 0.4) is 0 Å². The van der Waals surface area contributed by atoms with Gasteiger partial charge >= 0.3 is 6.18 Å². The zero-order valence-corrected chi connectivity index (χ0v) is 16.5. The number of nitrogens with one attached hydrogen (secondary N) is 1. The largest absolute Gasteiger partial charge is 0.418 e. The summed E-state index contributed by atoms with van der Waals surface area (Å²) in [6, 6.07) is 7.34. The fraction of sp³-hybridized carbons (Fsp3) is 0.118. The number of para-hydroxylation sites is 1. The second-order valence-corrected chi connectivity index (χ2v) is 7.62. The fourth-order valence-electron chi connectivity index (χ4n) is 2.64. The lowest BCUT2D eigenvalue weighted by molar-refractivity contribution is -0.137. The maximum atomic E-state index is 13.9. The first-order valence-corrected chi connectivity index (χ1v) is 9.72. The average molecular weight is 462 g/mol. The Morgan fingerprint density at radius 1 is 1.10 bits per heavy atom. The SMILES string of the molecule is Fc1cc(-c2nnc3n2NC(=Nc2ccccc2C(F)(F)F)CS3)c(Cl)cc1Cl. The van der Waals surface area contributed by atoms with Gasteiger partial charge in [0, 0.05) is 5.56 Å². The summed E-state index contributed by atoms with van der Waals surface area (Å²) in [6.07, 6.45) is -4.54. The Bertz CT molecular complexity index is 1130. The van der Waals surface area contributed by atoms with Crippen molar-refractivity contribution in [3.63, 3.8) is 0 Å². The molecule has 0 aliphatic carbocycles. The molecule has 2 aromatic carbocycles. The molecule has 12 heteroatoms. The Kier molecular flexibility index (Phi) is 5.18. The van der Waals surface area contributed by atoms with Gasteiger partial charge in [-0.15, -0.1) is 10.2 Å². The number of thioether (sulfide) groups is 1. The summed E-state index contributed by atoms with van der Waals surface area (Å²) in [6.45, 7) is 0. The molecule has 0 atom stereocenters. The van der Waals surface area contributed by atoms with E-state index in [-0.39, 0.29) is 38.7 Å². The molecule has 1 aliphatic heterocycles. The third kappa shape index (κ3) is 3.92. The Morgan fingerprint density at radius 2 is 1.86 bits per heavy atom. The van der Waals surface area contributed by atoms with E-state index in [9.17, 15) is 17.6 Å². The summed E-state index contributed by atoms with van der Waals surface area (Å²) in [5.41, 5.74) is 2.02. The lowest BCUT2D eigenvalue weighted by Crippen LogP contribution is -2.30. The van der Waals surface area contributed by atoms with Gasteiger partial charge in [0.25, 0.3) is 0 Å². The molecule has 1 N–H and O–H groups in total. The lowest BCUT2D eigenvalue weighted by atomic mass is 10.2. The van der Waals surface area contributed by atoms with Crippen LogP contribution < -0.4 is 5.43 Å². The lowest BCUT2D eigenvalue weighted by Gasteiger charge is -2.20. The number of fused-ring (bicyclic) bond motifs is 1. The van der Waals surface area contributed by atoms with Crippen molar-refractivity contribution < 1.29 is 17.6 Å². The topological polar surface area (TPSA) is 55.1 Å². The highest BCUT2D eigenvalue weighted by molar-refractivity contribution is 7.99. The number of rotatable bonds is 2. The van der Waals surface area contributed by atoms with E-state index in [1.807, 2.05) is 0 Å². The smallest absolute Gasteiger partial charge is 0.276 e. The third-order valence-corrected chi connectivity index (χ3v) is 5.47. The van der Waals surface area contributed by atoms with Gasteiger partial charge in [-0.1, -0.05) is 47.1 Å². The number of benzene rings is 2. The molecule has 0 amide bonds. The molecule has 150 valence electrons. The van der Waals surface area contributed by atoms with Crippen molar-refractivity contribution in [3.05, 3.63) is 57.8 Å². The minimum Gasteiger partial charge on any atom is -0.276 e. The van der Waals surface area contributed by atoms with Gasteiger partial charge < -0.3 is 0 Å². The third-order valence-electron chi connectivity index (χ3n) is 3.93. The summed E-state index contributed by atoms with van der Waals surface area (Å²) < 4.78 is 54.9. The molecular weight excluding hydrogens is 453 g/mol. The number of halogens is 6. The number of aromatic nitrogens is 3. The van der Waals surface area contributed by atoms with Gasteiger partial charge in [-0.25, -0.2) is 14.1 Å². The van der Waals surface area contributed by atoms with E-state index in [1.54, 1.807) is 0 Å². The maximum Gasteiger partial charge on any atom is 0.418 e. The van der Waals surface area contributed by atoms with Crippen molar-refractivity contribution in [3.8, 4) is 11.4 Å². The Labute approximate surface area is 175 Å². The van der Waals surface area contributed by atoms with Gasteiger partial charge in [0.05, 0.1) is 27.0 Å². The van der Waals surface area contributed by atoms with Gasteiger partial charge in [-0.2, -0.15) is 13.2 Å². The van der Waals surface area contributed by atoms with E-state index in [0.29, 0.717) is 5.16 Å². The predicted octanol–water partition coefficient (Wildman–Crippen LogP) is 5.79. The van der Waals surface area contributed by atoms with Crippen LogP contribution in [0.1, 0.15) is 5.56 Å². The van der Waals surface area contributed by atoms with Crippen LogP contribution in [0.25, 0.3) is 11.4 Å². The first kappa shape index (κ1) is 20.0. The van der Waals surface area contributed by atoms with Crippen molar-refractivity contribution in [1.29, 1.82) is 0 Å². The first-order valence-electron chi connectivity index (χ1n) is 7.98. The summed E-state index contributed by atoms with van der Waals surface area (Å²) in [5, 5.41) is 8.41. The number of aliphatic imine (C=N–C) groups is 1. The van der Waals surface area contributed by atoms with Crippen molar-refractivity contribution in [1.82, 2.24) is 14.9 Å². The second kappa shape index (κ2) is 7.51. The van der Waals surface area contributed by atoms with Gasteiger partial charge in [0.1, 0.15) is 11.7 Å². The fourth-order valence-corrected chi connectivity index (χ4v) is 3.86. The molecular formula is C17H9Cl2F4N5S. The second-order valence-electron chi connectivity index (χ2n) is 5.86. The van der Waals surface area contributed by atoms with E-state index in [1.165, 1.54) is 40.7 Å². The van der Waals surface area contributed by atoms with Crippen molar-refractivity contribution >= 4 is 46.5 Å². The summed E-state index contributed by atoms with van der Waals surface area (Å²) >= 11 is 13.1. The monoisotopic (exact) mass is 461 g/mol. The van der Waals surface area contributed by atoms with Gasteiger partial charge in [0.15, 0.2) is 5.82 Å². The molecule has 29 heavy (non-hydrogen) atoms. The average Bonchev–Trinajstić information content (AvgIpc) is 3.07. The molecule has 3 aromatic rings. The Balaban J connectivity index is 1.73. The first-order chi connectivity index (χ1) is 13.7. The molecule has 0 spiro atoms. The number of nitrogens with zero attached hydrogens (tertiary/aromatic N) is 4. The van der Waals surface area contributed by atoms with Crippen LogP contribution in [0.4, 0.5) is 23.2 Å². The zero-order valence-electron chi connectivity index (χ0n) is 14.1. The van der Waals surface area contributed by atoms with Crippen LogP contribution in [-0.4, -0.2) is 26.5 Å². The predicted molar refractivity (Wildman–Crippen MR) is 104 cm³/mol. The van der Waals surface area contributed by atoms with Crippen LogP contribution in [0, 0.1) is 5.82 Å². The molecule has 0 saturated carbocycles. The van der Waals surface area contributed by atoms with Gasteiger partial charge in [-0.3, -0.25) is 5.43 Å². The van der Waals surface area contributed by atoms with E-state index in [0.717, 1.165) is 12.1 Å². The number of hydrogen-bond acceptors (Lipinski definition) is 4. The Morgan fingerprint density at radius 3 is 2.62 bits per heavy atom. The van der Waals surface area contributed by atoms with Crippen LogP contribution in [0.5, 0.6) is 0 Å². The number of hydrogen-bond donors (Lipinski definition) is 1. The molecule has 2 heterocycles. The van der Waals surface area contributed by atoms with E-state index >= 15 is 0 Å². The van der Waals surface area contributed by atoms with Gasteiger partial charge in [-0.05, 0) is 24.3 Å². The van der Waals surface area contributed by atoms with Crippen molar-refractivity contribution in [2.75, 3.05) is 11.2 Å². The van der Waals surface area contributed by atoms with Crippen LogP contribution >= 0.6 is 35.0 Å². The molecule has 0 bridgehead atoms. The van der Waals surface area contributed by atoms with Crippen LogP contribution in [-0.2, 0) is 6.18 Å². The highest BCUT2D eigenvalue weighted by Crippen LogP contribution is 2.37. The molecule has 1 aliphatic rings. The highest BCUT2D eigenvalue weighted by Gasteiger charge is 2.33. The standard InChI is InChI=1S/C17H9Cl2F4N5S/c18-10-6-11(19)12(20)5-8(10)15-25-26-16-28(15)27-14(7-29-16)24-13-4-2-1-3-9(13)17(21,22)23/h1-6H,7H2,(H,24,27). The zero-order chi connectivity index (χ0) is 20.8. The summed E-state index contributed by atoms with van der Waals surface area (Å²) in [5.74, 6) is -0.0391. The molecule has 0 unspecified atom stereocenters. The normalized spacial score (nSPS) is 15.3. The van der Waals surface area contributed by atoms with E-state index < -0.39 is 17.6 Å².